The van der Waals surface area contributed by atoms with Crippen molar-refractivity contribution in [2.45, 2.75) is 20.4 Å². The first-order valence-corrected chi connectivity index (χ1v) is 6.28. The van der Waals surface area contributed by atoms with Crippen LogP contribution in [0.1, 0.15) is 27.0 Å². The molecule has 0 aliphatic rings. The van der Waals surface area contributed by atoms with E-state index in [9.17, 15) is 4.79 Å². The highest BCUT2D eigenvalue weighted by Crippen LogP contribution is 2.18. The molecule has 98 valence electrons. The van der Waals surface area contributed by atoms with Crippen molar-refractivity contribution in [1.29, 1.82) is 0 Å². The number of carbonyl (C=O) groups is 1. The van der Waals surface area contributed by atoms with E-state index < -0.39 is 0 Å². The molecule has 3 N–H and O–H groups in total. The molecule has 0 bridgehead atoms. The number of hydrogen-bond donors (Lipinski definition) is 2. The second-order valence-corrected chi connectivity index (χ2v) is 4.60. The normalized spacial score (nSPS) is 10.3. The van der Waals surface area contributed by atoms with Crippen molar-refractivity contribution in [3.63, 3.8) is 0 Å². The summed E-state index contributed by atoms with van der Waals surface area (Å²) in [6, 6.07) is 13.2. The fourth-order valence-electron chi connectivity index (χ4n) is 1.87. The van der Waals surface area contributed by atoms with Gasteiger partial charge in [0.05, 0.1) is 0 Å². The van der Waals surface area contributed by atoms with Crippen LogP contribution in [0.2, 0.25) is 0 Å². The van der Waals surface area contributed by atoms with E-state index in [4.69, 9.17) is 5.73 Å². The molecule has 3 heteroatoms. The molecular formula is C16H18N2O. The van der Waals surface area contributed by atoms with E-state index in [0.717, 1.165) is 22.4 Å². The Labute approximate surface area is 113 Å². The zero-order chi connectivity index (χ0) is 13.8. The first-order valence-electron chi connectivity index (χ1n) is 6.28. The second-order valence-electron chi connectivity index (χ2n) is 4.60. The lowest BCUT2D eigenvalue weighted by atomic mass is 10.1. The zero-order valence-corrected chi connectivity index (χ0v) is 11.2. The van der Waals surface area contributed by atoms with E-state index in [2.05, 4.69) is 5.32 Å². The molecule has 0 aliphatic heterocycles. The first-order chi connectivity index (χ1) is 9.11. The van der Waals surface area contributed by atoms with Gasteiger partial charge in [0, 0.05) is 17.8 Å². The van der Waals surface area contributed by atoms with Crippen molar-refractivity contribution in [2.24, 2.45) is 5.73 Å². The third-order valence-corrected chi connectivity index (χ3v) is 3.30. The van der Waals surface area contributed by atoms with Crippen molar-refractivity contribution in [3.8, 4) is 0 Å². The number of hydrogen-bond acceptors (Lipinski definition) is 2. The van der Waals surface area contributed by atoms with Crippen LogP contribution < -0.4 is 11.1 Å². The van der Waals surface area contributed by atoms with E-state index in [1.165, 1.54) is 0 Å². The molecule has 0 aliphatic carbocycles. The Morgan fingerprint density at radius 1 is 1.11 bits per heavy atom. The van der Waals surface area contributed by atoms with Gasteiger partial charge in [-0.15, -0.1) is 0 Å². The standard InChI is InChI=1S/C16H18N2O/c1-11-4-3-5-15(12(11)2)18-16(19)14-8-6-13(10-17)7-9-14/h3-9H,10,17H2,1-2H3,(H,18,19). The van der Waals surface area contributed by atoms with Crippen molar-refractivity contribution < 1.29 is 4.79 Å². The van der Waals surface area contributed by atoms with Gasteiger partial charge in [-0.1, -0.05) is 24.3 Å². The Kier molecular flexibility index (Phi) is 3.97. The van der Waals surface area contributed by atoms with Gasteiger partial charge in [-0.05, 0) is 48.7 Å². The fourth-order valence-corrected chi connectivity index (χ4v) is 1.87. The van der Waals surface area contributed by atoms with Gasteiger partial charge in [-0.2, -0.15) is 0 Å². The molecule has 0 spiro atoms. The second kappa shape index (κ2) is 5.67. The molecule has 2 aromatic rings. The molecular weight excluding hydrogens is 236 g/mol. The molecule has 2 aromatic carbocycles. The summed E-state index contributed by atoms with van der Waals surface area (Å²) in [7, 11) is 0. The van der Waals surface area contributed by atoms with Gasteiger partial charge in [-0.25, -0.2) is 0 Å². The molecule has 3 nitrogen and oxygen atoms in total. The van der Waals surface area contributed by atoms with Crippen molar-refractivity contribution in [3.05, 3.63) is 64.7 Å². The average molecular weight is 254 g/mol. The summed E-state index contributed by atoms with van der Waals surface area (Å²) in [6.07, 6.45) is 0. The summed E-state index contributed by atoms with van der Waals surface area (Å²) in [5.41, 5.74) is 10.3. The van der Waals surface area contributed by atoms with E-state index in [1.54, 1.807) is 12.1 Å². The van der Waals surface area contributed by atoms with Crippen LogP contribution in [-0.2, 0) is 6.54 Å². The maximum atomic E-state index is 12.1. The maximum Gasteiger partial charge on any atom is 0.255 e. The van der Waals surface area contributed by atoms with Crippen LogP contribution in [0.15, 0.2) is 42.5 Å². The topological polar surface area (TPSA) is 55.1 Å². The van der Waals surface area contributed by atoms with Crippen molar-refractivity contribution in [1.82, 2.24) is 0 Å². The smallest absolute Gasteiger partial charge is 0.255 e. The lowest BCUT2D eigenvalue weighted by molar-refractivity contribution is 0.102. The Morgan fingerprint density at radius 3 is 2.42 bits per heavy atom. The van der Waals surface area contributed by atoms with Crippen molar-refractivity contribution >= 4 is 11.6 Å². The number of anilines is 1. The van der Waals surface area contributed by atoms with Crippen LogP contribution in [-0.4, -0.2) is 5.91 Å². The molecule has 19 heavy (non-hydrogen) atoms. The molecule has 0 aromatic heterocycles. The number of nitrogens with one attached hydrogen (secondary N) is 1. The molecule has 0 saturated heterocycles. The highest BCUT2D eigenvalue weighted by molar-refractivity contribution is 6.04. The highest BCUT2D eigenvalue weighted by Gasteiger charge is 2.08. The van der Waals surface area contributed by atoms with Crippen LogP contribution in [0.5, 0.6) is 0 Å². The third kappa shape index (κ3) is 3.01. The van der Waals surface area contributed by atoms with E-state index in [0.29, 0.717) is 12.1 Å². The number of nitrogens with two attached hydrogens (primary N) is 1. The molecule has 0 heterocycles. The van der Waals surface area contributed by atoms with Crippen LogP contribution in [0.25, 0.3) is 0 Å². The van der Waals surface area contributed by atoms with E-state index in [1.807, 2.05) is 44.2 Å². The minimum Gasteiger partial charge on any atom is -0.326 e. The van der Waals surface area contributed by atoms with Gasteiger partial charge in [0.25, 0.3) is 5.91 Å². The zero-order valence-electron chi connectivity index (χ0n) is 11.2. The predicted molar refractivity (Wildman–Crippen MR) is 78.2 cm³/mol. The Morgan fingerprint density at radius 2 is 1.79 bits per heavy atom. The summed E-state index contributed by atoms with van der Waals surface area (Å²) in [4.78, 5) is 12.1. The molecule has 0 fully saturated rings. The third-order valence-electron chi connectivity index (χ3n) is 3.30. The molecule has 1 amide bonds. The highest BCUT2D eigenvalue weighted by atomic mass is 16.1. The summed E-state index contributed by atoms with van der Waals surface area (Å²) in [5.74, 6) is -0.0997. The van der Waals surface area contributed by atoms with E-state index in [-0.39, 0.29) is 5.91 Å². The van der Waals surface area contributed by atoms with Gasteiger partial charge in [0.15, 0.2) is 0 Å². The maximum absolute atomic E-state index is 12.1. The Hall–Kier alpha value is -2.13. The van der Waals surface area contributed by atoms with Crippen LogP contribution >= 0.6 is 0 Å². The molecule has 2 rings (SSSR count). The first kappa shape index (κ1) is 13.3. The Bertz CT molecular complexity index is 588. The monoisotopic (exact) mass is 254 g/mol. The predicted octanol–water partition coefficient (Wildman–Crippen LogP) is 3.01. The Balaban J connectivity index is 2.18. The van der Waals surface area contributed by atoms with Crippen LogP contribution in [0.4, 0.5) is 5.69 Å². The number of amides is 1. The number of rotatable bonds is 3. The fraction of sp³-hybridized carbons (Fsp3) is 0.188. The summed E-state index contributed by atoms with van der Waals surface area (Å²) < 4.78 is 0. The van der Waals surface area contributed by atoms with Crippen LogP contribution in [0.3, 0.4) is 0 Å². The summed E-state index contributed by atoms with van der Waals surface area (Å²) >= 11 is 0. The molecule has 0 radical (unpaired) electrons. The lowest BCUT2D eigenvalue weighted by Crippen LogP contribution is -2.13. The minimum atomic E-state index is -0.0997. The van der Waals surface area contributed by atoms with Gasteiger partial charge in [-0.3, -0.25) is 4.79 Å². The number of benzene rings is 2. The van der Waals surface area contributed by atoms with Crippen LogP contribution in [0, 0.1) is 13.8 Å². The number of carbonyl (C=O) groups excluding carboxylic acids is 1. The quantitative estimate of drug-likeness (QED) is 0.884. The van der Waals surface area contributed by atoms with Crippen molar-refractivity contribution in [2.75, 3.05) is 5.32 Å². The van der Waals surface area contributed by atoms with Gasteiger partial charge < -0.3 is 11.1 Å². The number of aryl methyl sites for hydroxylation is 1. The molecule has 0 unspecified atom stereocenters. The molecule has 0 atom stereocenters. The minimum absolute atomic E-state index is 0.0997. The van der Waals surface area contributed by atoms with Gasteiger partial charge in [0.2, 0.25) is 0 Å². The molecule has 0 saturated carbocycles. The lowest BCUT2D eigenvalue weighted by Gasteiger charge is -2.10. The van der Waals surface area contributed by atoms with Gasteiger partial charge in [0.1, 0.15) is 0 Å². The SMILES string of the molecule is Cc1cccc(NC(=O)c2ccc(CN)cc2)c1C. The van der Waals surface area contributed by atoms with Gasteiger partial charge >= 0.3 is 0 Å². The average Bonchev–Trinajstić information content (AvgIpc) is 2.44. The summed E-state index contributed by atoms with van der Waals surface area (Å²) in [5, 5.41) is 2.93. The van der Waals surface area contributed by atoms with E-state index >= 15 is 0 Å². The summed E-state index contributed by atoms with van der Waals surface area (Å²) in [6.45, 7) is 4.52. The largest absolute Gasteiger partial charge is 0.326 e.